The number of benzene rings is 1. The van der Waals surface area contributed by atoms with Gasteiger partial charge in [-0.15, -0.1) is 0 Å². The fourth-order valence-corrected chi connectivity index (χ4v) is 1.96. The number of hydrogen-bond acceptors (Lipinski definition) is 1. The van der Waals surface area contributed by atoms with E-state index >= 15 is 0 Å². The van der Waals surface area contributed by atoms with Gasteiger partial charge >= 0.3 is 0 Å². The van der Waals surface area contributed by atoms with Crippen molar-refractivity contribution in [3.05, 3.63) is 34.1 Å². The molecule has 0 aliphatic carbocycles. The van der Waals surface area contributed by atoms with E-state index in [0.29, 0.717) is 23.7 Å². The van der Waals surface area contributed by atoms with Crippen molar-refractivity contribution >= 4 is 15.9 Å². The third-order valence-corrected chi connectivity index (χ3v) is 3.44. The molecular weight excluding hydrogens is 259 g/mol. The summed E-state index contributed by atoms with van der Waals surface area (Å²) < 4.78 is 13.4. The lowest BCUT2D eigenvalue weighted by atomic mass is 9.89. The molecule has 1 aromatic rings. The molecule has 3 heteroatoms. The quantitative estimate of drug-likeness (QED) is 0.888. The lowest BCUT2D eigenvalue weighted by Crippen LogP contribution is -2.29. The lowest BCUT2D eigenvalue weighted by molar-refractivity contribution is 0.0326. The van der Waals surface area contributed by atoms with Gasteiger partial charge in [-0.1, -0.05) is 19.9 Å². The molecule has 1 rings (SSSR count). The van der Waals surface area contributed by atoms with Crippen LogP contribution in [0.25, 0.3) is 0 Å². The van der Waals surface area contributed by atoms with Gasteiger partial charge in [0.25, 0.3) is 0 Å². The van der Waals surface area contributed by atoms with Gasteiger partial charge in [-0.2, -0.15) is 0 Å². The maximum absolute atomic E-state index is 13.0. The average molecular weight is 275 g/mol. The van der Waals surface area contributed by atoms with E-state index in [-0.39, 0.29) is 5.82 Å². The molecule has 0 amide bonds. The van der Waals surface area contributed by atoms with Gasteiger partial charge in [0, 0.05) is 6.42 Å². The zero-order valence-corrected chi connectivity index (χ0v) is 10.6. The third-order valence-electron chi connectivity index (χ3n) is 2.83. The SMILES string of the molecule is CCC(O)(CC)Cc1ccc(F)c(Br)c1. The molecule has 0 atom stereocenters. The standard InChI is InChI=1S/C12H16BrFO/c1-3-12(15,4-2)8-9-5-6-11(14)10(13)7-9/h5-7,15H,3-4,8H2,1-2H3. The normalized spacial score (nSPS) is 11.8. The van der Waals surface area contributed by atoms with Gasteiger partial charge in [0.05, 0.1) is 10.1 Å². The van der Waals surface area contributed by atoms with Crippen LogP contribution < -0.4 is 0 Å². The number of hydrogen-bond donors (Lipinski definition) is 1. The first-order valence-corrected chi connectivity index (χ1v) is 5.96. The van der Waals surface area contributed by atoms with E-state index < -0.39 is 5.60 Å². The predicted octanol–water partition coefficient (Wildman–Crippen LogP) is 3.68. The molecule has 0 saturated carbocycles. The van der Waals surface area contributed by atoms with Crippen molar-refractivity contribution in [2.45, 2.75) is 38.7 Å². The van der Waals surface area contributed by atoms with E-state index in [1.165, 1.54) is 6.07 Å². The molecule has 0 fully saturated rings. The molecule has 15 heavy (non-hydrogen) atoms. The summed E-state index contributed by atoms with van der Waals surface area (Å²) in [4.78, 5) is 0. The highest BCUT2D eigenvalue weighted by molar-refractivity contribution is 9.10. The van der Waals surface area contributed by atoms with Crippen LogP contribution in [0.15, 0.2) is 22.7 Å². The highest BCUT2D eigenvalue weighted by atomic mass is 79.9. The van der Waals surface area contributed by atoms with Crippen molar-refractivity contribution in [2.75, 3.05) is 0 Å². The van der Waals surface area contributed by atoms with Crippen LogP contribution in [0, 0.1) is 5.82 Å². The third kappa shape index (κ3) is 3.28. The van der Waals surface area contributed by atoms with Crippen molar-refractivity contribution < 1.29 is 9.50 Å². The minimum Gasteiger partial charge on any atom is -0.390 e. The molecule has 1 aromatic carbocycles. The summed E-state index contributed by atoms with van der Waals surface area (Å²) in [5.74, 6) is -0.268. The first kappa shape index (κ1) is 12.7. The van der Waals surface area contributed by atoms with Crippen molar-refractivity contribution in [1.82, 2.24) is 0 Å². The van der Waals surface area contributed by atoms with Crippen LogP contribution in [0.1, 0.15) is 32.3 Å². The maximum atomic E-state index is 13.0. The van der Waals surface area contributed by atoms with Crippen LogP contribution in [-0.2, 0) is 6.42 Å². The molecular formula is C12H16BrFO. The van der Waals surface area contributed by atoms with Crippen LogP contribution in [0.5, 0.6) is 0 Å². The Hall–Kier alpha value is -0.410. The molecule has 84 valence electrons. The first-order valence-electron chi connectivity index (χ1n) is 5.17. The minimum atomic E-state index is -0.669. The maximum Gasteiger partial charge on any atom is 0.137 e. The van der Waals surface area contributed by atoms with Crippen LogP contribution in [0.2, 0.25) is 0 Å². The second-order valence-electron chi connectivity index (χ2n) is 3.86. The molecule has 0 radical (unpaired) electrons. The fraction of sp³-hybridized carbons (Fsp3) is 0.500. The molecule has 0 aliphatic rings. The van der Waals surface area contributed by atoms with Gasteiger partial charge < -0.3 is 5.11 Å². The largest absolute Gasteiger partial charge is 0.390 e. The van der Waals surface area contributed by atoms with Gasteiger partial charge in [-0.25, -0.2) is 4.39 Å². The van der Waals surface area contributed by atoms with Gasteiger partial charge in [0.1, 0.15) is 5.82 Å². The van der Waals surface area contributed by atoms with Gasteiger partial charge in [-0.3, -0.25) is 0 Å². The summed E-state index contributed by atoms with van der Waals surface area (Å²) in [6, 6.07) is 4.87. The van der Waals surface area contributed by atoms with Crippen molar-refractivity contribution in [2.24, 2.45) is 0 Å². The van der Waals surface area contributed by atoms with Crippen molar-refractivity contribution in [3.8, 4) is 0 Å². The van der Waals surface area contributed by atoms with Gasteiger partial charge in [-0.05, 0) is 46.5 Å². The number of aliphatic hydroxyl groups is 1. The van der Waals surface area contributed by atoms with E-state index in [4.69, 9.17) is 0 Å². The van der Waals surface area contributed by atoms with Crippen molar-refractivity contribution in [1.29, 1.82) is 0 Å². The highest BCUT2D eigenvalue weighted by Crippen LogP contribution is 2.24. The topological polar surface area (TPSA) is 20.2 Å². The summed E-state index contributed by atoms with van der Waals surface area (Å²) >= 11 is 3.14. The fourth-order valence-electron chi connectivity index (χ4n) is 1.53. The zero-order chi connectivity index (χ0) is 11.5. The number of rotatable bonds is 4. The molecule has 0 spiro atoms. The van der Waals surface area contributed by atoms with Gasteiger partial charge in [0.15, 0.2) is 0 Å². The summed E-state index contributed by atoms with van der Waals surface area (Å²) in [7, 11) is 0. The van der Waals surface area contributed by atoms with E-state index in [1.54, 1.807) is 12.1 Å². The minimum absolute atomic E-state index is 0.268. The van der Waals surface area contributed by atoms with Gasteiger partial charge in [0.2, 0.25) is 0 Å². The van der Waals surface area contributed by atoms with E-state index in [0.717, 1.165) is 5.56 Å². The molecule has 0 unspecified atom stereocenters. The van der Waals surface area contributed by atoms with E-state index in [9.17, 15) is 9.50 Å². The smallest absolute Gasteiger partial charge is 0.137 e. The summed E-state index contributed by atoms with van der Waals surface area (Å²) in [6.07, 6.45) is 1.98. The monoisotopic (exact) mass is 274 g/mol. The average Bonchev–Trinajstić information content (AvgIpc) is 2.23. The Bertz CT molecular complexity index is 334. The second kappa shape index (κ2) is 5.08. The number of halogens is 2. The second-order valence-corrected chi connectivity index (χ2v) is 4.71. The zero-order valence-electron chi connectivity index (χ0n) is 9.06. The Kier molecular flexibility index (Phi) is 4.29. The van der Waals surface area contributed by atoms with Crippen LogP contribution in [0.3, 0.4) is 0 Å². The molecule has 0 aliphatic heterocycles. The molecule has 1 N–H and O–H groups in total. The summed E-state index contributed by atoms with van der Waals surface area (Å²) in [5.41, 5.74) is 0.284. The van der Waals surface area contributed by atoms with Crippen LogP contribution in [-0.4, -0.2) is 10.7 Å². The Balaban J connectivity index is 2.85. The van der Waals surface area contributed by atoms with E-state index in [2.05, 4.69) is 15.9 Å². The Morgan fingerprint density at radius 2 is 1.93 bits per heavy atom. The van der Waals surface area contributed by atoms with Crippen LogP contribution >= 0.6 is 15.9 Å². The summed E-state index contributed by atoms with van der Waals surface area (Å²) in [6.45, 7) is 3.92. The summed E-state index contributed by atoms with van der Waals surface area (Å²) in [5, 5.41) is 10.1. The molecule has 0 aromatic heterocycles. The Labute approximate surface area is 98.4 Å². The van der Waals surface area contributed by atoms with Crippen molar-refractivity contribution in [3.63, 3.8) is 0 Å². The molecule has 0 heterocycles. The molecule has 1 nitrogen and oxygen atoms in total. The van der Waals surface area contributed by atoms with E-state index in [1.807, 2.05) is 13.8 Å². The predicted molar refractivity (Wildman–Crippen MR) is 63.3 cm³/mol. The molecule has 0 saturated heterocycles. The highest BCUT2D eigenvalue weighted by Gasteiger charge is 2.22. The molecule has 0 bridgehead atoms. The van der Waals surface area contributed by atoms with Crippen LogP contribution in [0.4, 0.5) is 4.39 Å². The first-order chi connectivity index (χ1) is 7.00. The Morgan fingerprint density at radius 1 is 1.33 bits per heavy atom. The lowest BCUT2D eigenvalue weighted by Gasteiger charge is -2.25. The Morgan fingerprint density at radius 3 is 2.40 bits per heavy atom.